The number of nitrogens with one attached hydrogen (secondary N) is 1. The summed E-state index contributed by atoms with van der Waals surface area (Å²) in [6.45, 7) is 12.9. The fourth-order valence-electron chi connectivity index (χ4n) is 1.44. The smallest absolute Gasteiger partial charge is 0.0604 e. The van der Waals surface area contributed by atoms with Gasteiger partial charge in [0.1, 0.15) is 0 Å². The summed E-state index contributed by atoms with van der Waals surface area (Å²) in [5.41, 5.74) is 0.136. The molecule has 0 unspecified atom stereocenters. The first-order valence-corrected chi connectivity index (χ1v) is 5.47. The lowest BCUT2D eigenvalue weighted by Crippen LogP contribution is -2.57. The van der Waals surface area contributed by atoms with Crippen molar-refractivity contribution >= 4 is 0 Å². The summed E-state index contributed by atoms with van der Waals surface area (Å²) in [5, 5.41) is 3.29. The number of rotatable bonds is 3. The molecule has 1 fully saturated rings. The second-order valence-electron chi connectivity index (χ2n) is 4.93. The molecule has 0 aromatic heterocycles. The van der Waals surface area contributed by atoms with Crippen LogP contribution in [-0.2, 0) is 0 Å². The molecule has 0 atom stereocenters. The molecule has 0 amide bonds. The minimum Gasteiger partial charge on any atom is -0.314 e. The van der Waals surface area contributed by atoms with E-state index in [0.29, 0.717) is 6.04 Å². The second-order valence-corrected chi connectivity index (χ2v) is 4.93. The van der Waals surface area contributed by atoms with Crippen molar-refractivity contribution in [2.24, 2.45) is 5.41 Å². The van der Waals surface area contributed by atoms with E-state index in [1.165, 1.54) is 0 Å². The van der Waals surface area contributed by atoms with Crippen molar-refractivity contribution in [2.75, 3.05) is 26.2 Å². The highest BCUT2D eigenvalue weighted by Crippen LogP contribution is 2.10. The Kier molecular flexibility index (Phi) is 3.97. The van der Waals surface area contributed by atoms with E-state index >= 15 is 0 Å². The Hall–Kier alpha value is -0.520. The number of nitrogens with zero attached hydrogens (tertiary/aromatic N) is 1. The zero-order valence-corrected chi connectivity index (χ0v) is 9.85. The molecule has 0 aromatic rings. The molecule has 14 heavy (non-hydrogen) atoms. The first-order chi connectivity index (χ1) is 6.53. The van der Waals surface area contributed by atoms with E-state index in [0.717, 1.165) is 26.2 Å². The van der Waals surface area contributed by atoms with Crippen LogP contribution in [0.5, 0.6) is 0 Å². The summed E-state index contributed by atoms with van der Waals surface area (Å²) in [5.74, 6) is 6.55. The molecule has 1 aliphatic heterocycles. The average molecular weight is 194 g/mol. The van der Waals surface area contributed by atoms with Crippen LogP contribution in [0.2, 0.25) is 0 Å². The van der Waals surface area contributed by atoms with E-state index in [-0.39, 0.29) is 5.41 Å². The van der Waals surface area contributed by atoms with Gasteiger partial charge in [0.2, 0.25) is 0 Å². The molecule has 1 aliphatic rings. The first kappa shape index (κ1) is 11.6. The number of hydrogen-bond acceptors (Lipinski definition) is 2. The van der Waals surface area contributed by atoms with Gasteiger partial charge in [0.25, 0.3) is 0 Å². The SMILES string of the molecule is CCN(CC#CC(C)(C)C)C1CNC1. The van der Waals surface area contributed by atoms with Crippen molar-refractivity contribution in [3.8, 4) is 11.8 Å². The molecule has 1 N–H and O–H groups in total. The van der Waals surface area contributed by atoms with Crippen molar-refractivity contribution in [3.05, 3.63) is 0 Å². The lowest BCUT2D eigenvalue weighted by Gasteiger charge is -2.36. The van der Waals surface area contributed by atoms with Crippen molar-refractivity contribution < 1.29 is 0 Å². The van der Waals surface area contributed by atoms with Gasteiger partial charge in [0, 0.05) is 24.5 Å². The van der Waals surface area contributed by atoms with Crippen LogP contribution in [0.15, 0.2) is 0 Å². The summed E-state index contributed by atoms with van der Waals surface area (Å²) >= 11 is 0. The van der Waals surface area contributed by atoms with E-state index < -0.39 is 0 Å². The first-order valence-electron chi connectivity index (χ1n) is 5.47. The molecule has 1 rings (SSSR count). The fraction of sp³-hybridized carbons (Fsp3) is 0.833. The molecule has 1 saturated heterocycles. The summed E-state index contributed by atoms with van der Waals surface area (Å²) in [7, 11) is 0. The molecular weight excluding hydrogens is 172 g/mol. The molecule has 0 aromatic carbocycles. The molecule has 2 nitrogen and oxygen atoms in total. The van der Waals surface area contributed by atoms with E-state index in [9.17, 15) is 0 Å². The van der Waals surface area contributed by atoms with Gasteiger partial charge in [-0.1, -0.05) is 18.8 Å². The number of likely N-dealkylation sites (N-methyl/N-ethyl adjacent to an activating group) is 1. The van der Waals surface area contributed by atoms with Crippen LogP contribution >= 0.6 is 0 Å². The van der Waals surface area contributed by atoms with Crippen LogP contribution in [0.1, 0.15) is 27.7 Å². The third kappa shape index (κ3) is 3.69. The lowest BCUT2D eigenvalue weighted by molar-refractivity contribution is 0.172. The maximum atomic E-state index is 3.29. The van der Waals surface area contributed by atoms with Gasteiger partial charge in [-0.05, 0) is 27.3 Å². The van der Waals surface area contributed by atoms with Crippen LogP contribution < -0.4 is 5.32 Å². The average Bonchev–Trinajstić information content (AvgIpc) is 1.96. The molecule has 0 spiro atoms. The van der Waals surface area contributed by atoms with Crippen molar-refractivity contribution in [2.45, 2.75) is 33.7 Å². The van der Waals surface area contributed by atoms with Gasteiger partial charge < -0.3 is 5.32 Å². The van der Waals surface area contributed by atoms with Gasteiger partial charge in [-0.3, -0.25) is 4.90 Å². The van der Waals surface area contributed by atoms with Gasteiger partial charge >= 0.3 is 0 Å². The Morgan fingerprint density at radius 2 is 2.00 bits per heavy atom. The van der Waals surface area contributed by atoms with Crippen LogP contribution in [0.4, 0.5) is 0 Å². The zero-order chi connectivity index (χ0) is 10.6. The van der Waals surface area contributed by atoms with Crippen molar-refractivity contribution in [1.29, 1.82) is 0 Å². The topological polar surface area (TPSA) is 15.3 Å². The van der Waals surface area contributed by atoms with Crippen LogP contribution in [0.3, 0.4) is 0 Å². The normalized spacial score (nSPS) is 17.5. The third-order valence-electron chi connectivity index (χ3n) is 2.43. The van der Waals surface area contributed by atoms with Gasteiger partial charge in [-0.15, -0.1) is 0 Å². The van der Waals surface area contributed by atoms with E-state index in [1.807, 2.05) is 0 Å². The molecule has 0 bridgehead atoms. The quantitative estimate of drug-likeness (QED) is 0.682. The van der Waals surface area contributed by atoms with E-state index in [1.54, 1.807) is 0 Å². The molecule has 0 radical (unpaired) electrons. The predicted molar refractivity (Wildman–Crippen MR) is 61.1 cm³/mol. The Bertz CT molecular complexity index is 225. The van der Waals surface area contributed by atoms with Gasteiger partial charge in [0.15, 0.2) is 0 Å². The Balaban J connectivity index is 2.36. The Labute approximate surface area is 88.1 Å². The van der Waals surface area contributed by atoms with Gasteiger partial charge in [-0.2, -0.15) is 0 Å². The highest BCUT2D eigenvalue weighted by atomic mass is 15.2. The molecule has 0 saturated carbocycles. The summed E-state index contributed by atoms with van der Waals surface area (Å²) in [6.07, 6.45) is 0. The monoisotopic (exact) mass is 194 g/mol. The zero-order valence-electron chi connectivity index (χ0n) is 9.85. The van der Waals surface area contributed by atoms with Crippen LogP contribution in [-0.4, -0.2) is 37.1 Å². The Morgan fingerprint density at radius 1 is 1.36 bits per heavy atom. The maximum absolute atomic E-state index is 3.29. The molecule has 2 heteroatoms. The van der Waals surface area contributed by atoms with Crippen LogP contribution in [0, 0.1) is 17.3 Å². The third-order valence-corrected chi connectivity index (χ3v) is 2.43. The maximum Gasteiger partial charge on any atom is 0.0604 e. The lowest BCUT2D eigenvalue weighted by atomic mass is 9.98. The minimum absolute atomic E-state index is 0.136. The predicted octanol–water partition coefficient (Wildman–Crippen LogP) is 1.33. The molecule has 0 aliphatic carbocycles. The second kappa shape index (κ2) is 4.82. The summed E-state index contributed by atoms with van der Waals surface area (Å²) < 4.78 is 0. The Morgan fingerprint density at radius 3 is 2.36 bits per heavy atom. The van der Waals surface area contributed by atoms with E-state index in [4.69, 9.17) is 0 Å². The molecular formula is C12H22N2. The minimum atomic E-state index is 0.136. The highest BCUT2D eigenvalue weighted by molar-refractivity contribution is 5.09. The van der Waals surface area contributed by atoms with Crippen molar-refractivity contribution in [1.82, 2.24) is 10.2 Å². The summed E-state index contributed by atoms with van der Waals surface area (Å²) in [6, 6.07) is 0.717. The van der Waals surface area contributed by atoms with Gasteiger partial charge in [-0.25, -0.2) is 0 Å². The number of hydrogen-bond donors (Lipinski definition) is 1. The fourth-order valence-corrected chi connectivity index (χ4v) is 1.44. The van der Waals surface area contributed by atoms with E-state index in [2.05, 4.69) is 49.8 Å². The summed E-state index contributed by atoms with van der Waals surface area (Å²) in [4.78, 5) is 2.44. The van der Waals surface area contributed by atoms with Gasteiger partial charge in [0.05, 0.1) is 6.54 Å². The molecule has 80 valence electrons. The standard InChI is InChI=1S/C12H22N2/c1-5-14(11-9-13-10-11)8-6-7-12(2,3)4/h11,13H,5,8-10H2,1-4H3. The largest absolute Gasteiger partial charge is 0.314 e. The highest BCUT2D eigenvalue weighted by Gasteiger charge is 2.22. The van der Waals surface area contributed by atoms with Crippen molar-refractivity contribution in [3.63, 3.8) is 0 Å². The molecule has 1 heterocycles. The van der Waals surface area contributed by atoms with Crippen LogP contribution in [0.25, 0.3) is 0 Å².